The van der Waals surface area contributed by atoms with E-state index in [0.29, 0.717) is 0 Å². The molecule has 0 bridgehead atoms. The van der Waals surface area contributed by atoms with Gasteiger partial charge in [0.1, 0.15) is 0 Å². The number of hydrogen-bond acceptors (Lipinski definition) is 3. The fraction of sp³-hybridized carbons (Fsp3) is 0.500. The van der Waals surface area contributed by atoms with Gasteiger partial charge in [0.05, 0.1) is 21.6 Å². The second kappa shape index (κ2) is 5.67. The summed E-state index contributed by atoms with van der Waals surface area (Å²) >= 11 is 3.61. The van der Waals surface area contributed by atoms with Crippen LogP contribution < -0.4 is 5.32 Å². The lowest BCUT2D eigenvalue weighted by Gasteiger charge is -2.04. The summed E-state index contributed by atoms with van der Waals surface area (Å²) in [6, 6.07) is 2.02. The van der Waals surface area contributed by atoms with Crippen LogP contribution in [0.4, 0.5) is 0 Å². The predicted octanol–water partition coefficient (Wildman–Crippen LogP) is 1.77. The molecule has 0 spiro atoms. The largest absolute Gasteiger partial charge is 0.305 e. The van der Waals surface area contributed by atoms with Gasteiger partial charge in [-0.1, -0.05) is 6.92 Å². The first kappa shape index (κ1) is 13.3. The second-order valence-corrected chi connectivity index (χ2v) is 5.06. The Morgan fingerprint density at radius 2 is 2.06 bits per heavy atom. The third-order valence-electron chi connectivity index (χ3n) is 2.87. The van der Waals surface area contributed by atoms with Gasteiger partial charge in [0, 0.05) is 33.4 Å². The van der Waals surface area contributed by atoms with E-state index in [2.05, 4.69) is 38.4 Å². The van der Waals surface area contributed by atoms with Crippen molar-refractivity contribution in [2.75, 3.05) is 0 Å². The Morgan fingerprint density at radius 1 is 1.28 bits per heavy atom. The van der Waals surface area contributed by atoms with E-state index in [0.717, 1.165) is 35.4 Å². The zero-order chi connectivity index (χ0) is 13.1. The molecule has 1 N–H and O–H groups in total. The quantitative estimate of drug-likeness (QED) is 0.915. The Labute approximate surface area is 115 Å². The SMILES string of the molecule is CCc1nn(C)c(CNCc2ccn(C)n2)c1Br. The molecule has 0 aliphatic carbocycles. The van der Waals surface area contributed by atoms with E-state index in [1.807, 2.05) is 35.7 Å². The number of aromatic nitrogens is 4. The molecule has 0 amide bonds. The van der Waals surface area contributed by atoms with Crippen molar-refractivity contribution in [3.8, 4) is 0 Å². The molecule has 98 valence electrons. The molecule has 2 heterocycles. The maximum Gasteiger partial charge on any atom is 0.0767 e. The van der Waals surface area contributed by atoms with Crippen LogP contribution in [-0.4, -0.2) is 19.6 Å². The smallest absolute Gasteiger partial charge is 0.0767 e. The van der Waals surface area contributed by atoms with Gasteiger partial charge in [-0.25, -0.2) is 0 Å². The topological polar surface area (TPSA) is 47.7 Å². The van der Waals surface area contributed by atoms with E-state index in [9.17, 15) is 0 Å². The third kappa shape index (κ3) is 2.81. The van der Waals surface area contributed by atoms with Crippen molar-refractivity contribution >= 4 is 15.9 Å². The number of aryl methyl sites for hydroxylation is 3. The third-order valence-corrected chi connectivity index (χ3v) is 3.79. The molecule has 0 saturated heterocycles. The van der Waals surface area contributed by atoms with Crippen LogP contribution >= 0.6 is 15.9 Å². The van der Waals surface area contributed by atoms with Crippen LogP contribution in [0.1, 0.15) is 24.0 Å². The number of halogens is 1. The van der Waals surface area contributed by atoms with E-state index in [1.165, 1.54) is 5.69 Å². The van der Waals surface area contributed by atoms with Crippen molar-refractivity contribution in [1.82, 2.24) is 24.9 Å². The van der Waals surface area contributed by atoms with Gasteiger partial charge >= 0.3 is 0 Å². The predicted molar refractivity (Wildman–Crippen MR) is 74.0 cm³/mol. The molecule has 2 aromatic heterocycles. The van der Waals surface area contributed by atoms with Gasteiger partial charge in [-0.05, 0) is 28.4 Å². The second-order valence-electron chi connectivity index (χ2n) is 4.27. The van der Waals surface area contributed by atoms with Gasteiger partial charge < -0.3 is 5.32 Å². The lowest BCUT2D eigenvalue weighted by atomic mass is 10.3. The molecule has 2 aromatic rings. The molecule has 0 aliphatic heterocycles. The highest BCUT2D eigenvalue weighted by molar-refractivity contribution is 9.10. The summed E-state index contributed by atoms with van der Waals surface area (Å²) in [4.78, 5) is 0. The average Bonchev–Trinajstić information content (AvgIpc) is 2.86. The van der Waals surface area contributed by atoms with Gasteiger partial charge in [0.2, 0.25) is 0 Å². The Bertz CT molecular complexity index is 529. The number of nitrogens with one attached hydrogen (secondary N) is 1. The van der Waals surface area contributed by atoms with Gasteiger partial charge in [0.15, 0.2) is 0 Å². The molecule has 0 aliphatic rings. The van der Waals surface area contributed by atoms with Crippen molar-refractivity contribution in [1.29, 1.82) is 0 Å². The van der Waals surface area contributed by atoms with Gasteiger partial charge in [-0.15, -0.1) is 0 Å². The molecule has 0 saturated carbocycles. The van der Waals surface area contributed by atoms with E-state index in [-0.39, 0.29) is 0 Å². The van der Waals surface area contributed by atoms with E-state index < -0.39 is 0 Å². The molecule has 5 nitrogen and oxygen atoms in total. The standard InChI is InChI=1S/C12H18BrN5/c1-4-10-12(13)11(18(3)16-10)8-14-7-9-5-6-17(2)15-9/h5-6,14H,4,7-8H2,1-3H3. The first-order chi connectivity index (χ1) is 8.61. The van der Waals surface area contributed by atoms with E-state index in [4.69, 9.17) is 0 Å². The molecule has 2 rings (SSSR count). The zero-order valence-electron chi connectivity index (χ0n) is 10.9. The summed E-state index contributed by atoms with van der Waals surface area (Å²) in [5, 5.41) is 12.2. The number of hydrogen-bond donors (Lipinski definition) is 1. The fourth-order valence-corrected chi connectivity index (χ4v) is 2.63. The van der Waals surface area contributed by atoms with Crippen LogP contribution in [0, 0.1) is 0 Å². The lowest BCUT2D eigenvalue weighted by molar-refractivity contribution is 0.609. The van der Waals surface area contributed by atoms with Gasteiger partial charge in [0.25, 0.3) is 0 Å². The molecule has 6 heteroatoms. The van der Waals surface area contributed by atoms with Crippen molar-refractivity contribution in [2.24, 2.45) is 14.1 Å². The Balaban J connectivity index is 1.96. The molecule has 0 unspecified atom stereocenters. The summed E-state index contributed by atoms with van der Waals surface area (Å²) in [6.45, 7) is 3.65. The zero-order valence-corrected chi connectivity index (χ0v) is 12.5. The van der Waals surface area contributed by atoms with Crippen LogP contribution in [-0.2, 0) is 33.6 Å². The van der Waals surface area contributed by atoms with Crippen LogP contribution in [0.3, 0.4) is 0 Å². The minimum absolute atomic E-state index is 0.764. The molecule has 18 heavy (non-hydrogen) atoms. The Kier molecular flexibility index (Phi) is 4.19. The van der Waals surface area contributed by atoms with Crippen molar-refractivity contribution in [3.63, 3.8) is 0 Å². The highest BCUT2D eigenvalue weighted by Crippen LogP contribution is 2.21. The summed E-state index contributed by atoms with van der Waals surface area (Å²) in [5.74, 6) is 0. The Morgan fingerprint density at radius 3 is 2.61 bits per heavy atom. The summed E-state index contributed by atoms with van der Waals surface area (Å²) < 4.78 is 4.85. The molecule has 0 radical (unpaired) electrons. The number of rotatable bonds is 5. The van der Waals surface area contributed by atoms with Crippen molar-refractivity contribution in [3.05, 3.63) is 33.8 Å². The highest BCUT2D eigenvalue weighted by atomic mass is 79.9. The van der Waals surface area contributed by atoms with Crippen LogP contribution in [0.25, 0.3) is 0 Å². The summed E-state index contributed by atoms with van der Waals surface area (Å²) in [5.41, 5.74) is 3.32. The average molecular weight is 312 g/mol. The maximum atomic E-state index is 4.47. The molecular weight excluding hydrogens is 294 g/mol. The normalized spacial score (nSPS) is 11.1. The monoisotopic (exact) mass is 311 g/mol. The van der Waals surface area contributed by atoms with E-state index >= 15 is 0 Å². The van der Waals surface area contributed by atoms with Gasteiger partial charge in [-0.3, -0.25) is 9.36 Å². The molecule has 0 atom stereocenters. The number of nitrogens with zero attached hydrogens (tertiary/aromatic N) is 4. The summed E-state index contributed by atoms with van der Waals surface area (Å²) in [6.07, 6.45) is 2.89. The Hall–Kier alpha value is -1.14. The first-order valence-electron chi connectivity index (χ1n) is 6.01. The maximum absolute atomic E-state index is 4.47. The van der Waals surface area contributed by atoms with Crippen LogP contribution in [0.15, 0.2) is 16.7 Å². The minimum atomic E-state index is 0.764. The van der Waals surface area contributed by atoms with Crippen molar-refractivity contribution in [2.45, 2.75) is 26.4 Å². The highest BCUT2D eigenvalue weighted by Gasteiger charge is 2.11. The van der Waals surface area contributed by atoms with Gasteiger partial charge in [-0.2, -0.15) is 10.2 Å². The molecule has 0 fully saturated rings. The fourth-order valence-electron chi connectivity index (χ4n) is 1.88. The van der Waals surface area contributed by atoms with Crippen LogP contribution in [0.2, 0.25) is 0 Å². The van der Waals surface area contributed by atoms with Crippen LogP contribution in [0.5, 0.6) is 0 Å². The first-order valence-corrected chi connectivity index (χ1v) is 6.80. The van der Waals surface area contributed by atoms with E-state index in [1.54, 1.807) is 0 Å². The lowest BCUT2D eigenvalue weighted by Crippen LogP contribution is -2.16. The minimum Gasteiger partial charge on any atom is -0.305 e. The molecular formula is C12H18BrN5. The molecule has 0 aromatic carbocycles. The summed E-state index contributed by atoms with van der Waals surface area (Å²) in [7, 11) is 3.90. The van der Waals surface area contributed by atoms with Crippen molar-refractivity contribution < 1.29 is 0 Å².